The topological polar surface area (TPSA) is 31.4 Å². The van der Waals surface area contributed by atoms with Crippen LogP contribution in [0.5, 0.6) is 11.5 Å². The average Bonchev–Trinajstić information content (AvgIpc) is 2.19. The van der Waals surface area contributed by atoms with Gasteiger partial charge >= 0.3 is 0 Å². The van der Waals surface area contributed by atoms with Gasteiger partial charge in [0, 0.05) is 0 Å². The molecule has 13 heavy (non-hydrogen) atoms. The number of fused-ring (bicyclic) bond motifs is 1. The minimum Gasteiger partial charge on any atom is -0.485 e. The van der Waals surface area contributed by atoms with Gasteiger partial charge in [-0.1, -0.05) is 6.58 Å². The fourth-order valence-corrected chi connectivity index (χ4v) is 1.72. The molecule has 2 heterocycles. The minimum atomic E-state index is 0.576. The number of hydrogen-bond donors (Lipinski definition) is 0. The maximum absolute atomic E-state index is 5.44. The highest BCUT2D eigenvalue weighted by molar-refractivity contribution is 9.10. The second-order valence-corrected chi connectivity index (χ2v) is 3.34. The van der Waals surface area contributed by atoms with Crippen LogP contribution in [0.15, 0.2) is 17.2 Å². The summed E-state index contributed by atoms with van der Waals surface area (Å²) >= 11 is 3.39. The van der Waals surface area contributed by atoms with E-state index in [1.54, 1.807) is 12.3 Å². The van der Waals surface area contributed by atoms with Gasteiger partial charge < -0.3 is 9.47 Å². The van der Waals surface area contributed by atoms with Crippen LogP contribution in [0.3, 0.4) is 0 Å². The highest BCUT2D eigenvalue weighted by Gasteiger charge is 2.17. The zero-order valence-corrected chi connectivity index (χ0v) is 8.50. The first-order valence-corrected chi connectivity index (χ1v) is 4.68. The van der Waals surface area contributed by atoms with Crippen molar-refractivity contribution in [1.29, 1.82) is 0 Å². The third-order valence-electron chi connectivity index (χ3n) is 1.75. The number of pyridine rings is 1. The molecule has 4 heteroatoms. The molecule has 0 aromatic carbocycles. The number of aromatic nitrogens is 1. The Hall–Kier alpha value is -1.03. The van der Waals surface area contributed by atoms with Crippen LogP contribution in [-0.2, 0) is 0 Å². The molecule has 2 rings (SSSR count). The SMILES string of the molecule is C=Cc1ncc2c(c1Br)OCCO2. The molecule has 3 nitrogen and oxygen atoms in total. The van der Waals surface area contributed by atoms with E-state index in [4.69, 9.17) is 9.47 Å². The predicted molar refractivity (Wildman–Crippen MR) is 53.0 cm³/mol. The van der Waals surface area contributed by atoms with Gasteiger partial charge in [-0.3, -0.25) is 4.98 Å². The first-order chi connectivity index (χ1) is 6.33. The van der Waals surface area contributed by atoms with Crippen LogP contribution >= 0.6 is 15.9 Å². The predicted octanol–water partition coefficient (Wildman–Crippen LogP) is 2.26. The number of rotatable bonds is 1. The highest BCUT2D eigenvalue weighted by Crippen LogP contribution is 2.38. The first kappa shape index (κ1) is 8.56. The lowest BCUT2D eigenvalue weighted by molar-refractivity contribution is 0.169. The molecule has 0 amide bonds. The molecule has 1 aromatic heterocycles. The summed E-state index contributed by atoms with van der Waals surface area (Å²) in [5, 5.41) is 0. The molecule has 1 aliphatic rings. The summed E-state index contributed by atoms with van der Waals surface area (Å²) in [6, 6.07) is 0. The number of nitrogens with zero attached hydrogens (tertiary/aromatic N) is 1. The summed E-state index contributed by atoms with van der Waals surface area (Å²) in [4.78, 5) is 4.14. The van der Waals surface area contributed by atoms with Crippen molar-refractivity contribution in [2.24, 2.45) is 0 Å². The lowest BCUT2D eigenvalue weighted by Gasteiger charge is -2.19. The largest absolute Gasteiger partial charge is 0.485 e. The molecule has 0 saturated carbocycles. The quantitative estimate of drug-likeness (QED) is 0.756. The number of hydrogen-bond acceptors (Lipinski definition) is 3. The normalized spacial score (nSPS) is 13.9. The Morgan fingerprint density at radius 2 is 2.23 bits per heavy atom. The summed E-state index contributed by atoms with van der Waals surface area (Å²) in [6.07, 6.45) is 3.32. The molecule has 0 saturated heterocycles. The van der Waals surface area contributed by atoms with E-state index in [9.17, 15) is 0 Å². The fourth-order valence-electron chi connectivity index (χ4n) is 1.14. The van der Waals surface area contributed by atoms with Crippen LogP contribution in [0.4, 0.5) is 0 Å². The van der Waals surface area contributed by atoms with Crippen LogP contribution < -0.4 is 9.47 Å². The summed E-state index contributed by atoms with van der Waals surface area (Å²) in [5.74, 6) is 1.40. The van der Waals surface area contributed by atoms with Crippen molar-refractivity contribution < 1.29 is 9.47 Å². The Balaban J connectivity index is 2.54. The maximum Gasteiger partial charge on any atom is 0.180 e. The van der Waals surface area contributed by atoms with Crippen molar-refractivity contribution in [1.82, 2.24) is 4.98 Å². The van der Waals surface area contributed by atoms with Crippen LogP contribution in [0, 0.1) is 0 Å². The van der Waals surface area contributed by atoms with Crippen LogP contribution in [0.2, 0.25) is 0 Å². The third kappa shape index (κ3) is 1.42. The smallest absolute Gasteiger partial charge is 0.180 e. The first-order valence-electron chi connectivity index (χ1n) is 3.89. The van der Waals surface area contributed by atoms with Gasteiger partial charge in [-0.05, 0) is 22.0 Å². The Morgan fingerprint density at radius 3 is 3.00 bits per heavy atom. The van der Waals surface area contributed by atoms with Gasteiger partial charge in [-0.15, -0.1) is 0 Å². The Labute approximate surface area is 84.5 Å². The monoisotopic (exact) mass is 241 g/mol. The van der Waals surface area contributed by atoms with Gasteiger partial charge in [0.2, 0.25) is 0 Å². The summed E-state index contributed by atoms with van der Waals surface area (Å²) < 4.78 is 11.6. The van der Waals surface area contributed by atoms with Crippen molar-refractivity contribution in [2.75, 3.05) is 13.2 Å². The van der Waals surface area contributed by atoms with Crippen molar-refractivity contribution in [3.05, 3.63) is 22.9 Å². The van der Waals surface area contributed by atoms with E-state index in [0.717, 1.165) is 15.9 Å². The van der Waals surface area contributed by atoms with Crippen molar-refractivity contribution >= 4 is 22.0 Å². The molecule has 0 spiro atoms. The second-order valence-electron chi connectivity index (χ2n) is 2.55. The van der Waals surface area contributed by atoms with Gasteiger partial charge in [-0.25, -0.2) is 0 Å². The van der Waals surface area contributed by atoms with E-state index < -0.39 is 0 Å². The highest BCUT2D eigenvalue weighted by atomic mass is 79.9. The molecule has 0 radical (unpaired) electrons. The molecule has 0 aliphatic carbocycles. The number of ether oxygens (including phenoxy) is 2. The average molecular weight is 242 g/mol. The lowest BCUT2D eigenvalue weighted by Crippen LogP contribution is -2.16. The van der Waals surface area contributed by atoms with Crippen LogP contribution in [0.1, 0.15) is 5.69 Å². The Bertz CT molecular complexity index is 352. The zero-order valence-electron chi connectivity index (χ0n) is 6.92. The Kier molecular flexibility index (Phi) is 2.22. The van der Waals surface area contributed by atoms with Crippen LogP contribution in [-0.4, -0.2) is 18.2 Å². The molecule has 68 valence electrons. The molecule has 1 aromatic rings. The van der Waals surface area contributed by atoms with E-state index in [0.29, 0.717) is 19.0 Å². The van der Waals surface area contributed by atoms with E-state index in [-0.39, 0.29) is 0 Å². The van der Waals surface area contributed by atoms with Gasteiger partial charge in [0.05, 0.1) is 16.4 Å². The van der Waals surface area contributed by atoms with Gasteiger partial charge in [-0.2, -0.15) is 0 Å². The summed E-state index contributed by atoms with van der Waals surface area (Å²) in [6.45, 7) is 4.81. The van der Waals surface area contributed by atoms with Crippen molar-refractivity contribution in [3.63, 3.8) is 0 Å². The molecule has 0 bridgehead atoms. The van der Waals surface area contributed by atoms with E-state index in [1.807, 2.05) is 0 Å². The van der Waals surface area contributed by atoms with Crippen molar-refractivity contribution in [3.8, 4) is 11.5 Å². The van der Waals surface area contributed by atoms with E-state index in [2.05, 4.69) is 27.5 Å². The molecule has 1 aliphatic heterocycles. The maximum atomic E-state index is 5.44. The summed E-state index contributed by atoms with van der Waals surface area (Å²) in [7, 11) is 0. The number of halogens is 1. The van der Waals surface area contributed by atoms with Gasteiger partial charge in [0.1, 0.15) is 13.2 Å². The lowest BCUT2D eigenvalue weighted by atomic mass is 10.3. The van der Waals surface area contributed by atoms with E-state index in [1.165, 1.54) is 0 Å². The molecular weight excluding hydrogens is 234 g/mol. The second kappa shape index (κ2) is 3.38. The van der Waals surface area contributed by atoms with Gasteiger partial charge in [0.15, 0.2) is 11.5 Å². The van der Waals surface area contributed by atoms with E-state index >= 15 is 0 Å². The molecule has 0 fully saturated rings. The molecular formula is C9H8BrNO2. The van der Waals surface area contributed by atoms with Gasteiger partial charge in [0.25, 0.3) is 0 Å². The third-order valence-corrected chi connectivity index (χ3v) is 2.52. The molecule has 0 N–H and O–H groups in total. The zero-order chi connectivity index (χ0) is 9.26. The minimum absolute atomic E-state index is 0.576. The Morgan fingerprint density at radius 1 is 1.46 bits per heavy atom. The summed E-state index contributed by atoms with van der Waals surface area (Å²) in [5.41, 5.74) is 0.768. The molecule has 0 unspecified atom stereocenters. The van der Waals surface area contributed by atoms with Crippen LogP contribution in [0.25, 0.3) is 6.08 Å². The standard InChI is InChI=1S/C9H8BrNO2/c1-2-6-8(10)9-7(5-11-6)12-3-4-13-9/h2,5H,1,3-4H2. The van der Waals surface area contributed by atoms with Crippen molar-refractivity contribution in [2.45, 2.75) is 0 Å². The molecule has 0 atom stereocenters. The fraction of sp³-hybridized carbons (Fsp3) is 0.222.